The van der Waals surface area contributed by atoms with Crippen LogP contribution in [0.2, 0.25) is 0 Å². The third-order valence-corrected chi connectivity index (χ3v) is 3.38. The zero-order valence-corrected chi connectivity index (χ0v) is 11.4. The second kappa shape index (κ2) is 7.09. The molecule has 0 spiro atoms. The molecular formula is C13H26N2O2. The second-order valence-corrected chi connectivity index (χ2v) is 5.30. The normalized spacial score (nSPS) is 25.7. The Morgan fingerprint density at radius 2 is 2.18 bits per heavy atom. The zero-order valence-electron chi connectivity index (χ0n) is 11.4. The summed E-state index contributed by atoms with van der Waals surface area (Å²) in [6, 6.07) is 0.441. The first kappa shape index (κ1) is 14.6. The smallest absolute Gasteiger partial charge is 0.132 e. The molecular weight excluding hydrogens is 216 g/mol. The summed E-state index contributed by atoms with van der Waals surface area (Å²) < 4.78 is 0. The third-order valence-electron chi connectivity index (χ3n) is 3.38. The van der Waals surface area contributed by atoms with Crippen LogP contribution in [0.5, 0.6) is 0 Å². The Balaban J connectivity index is 2.31. The molecule has 0 aromatic rings. The van der Waals surface area contributed by atoms with E-state index in [0.717, 1.165) is 32.5 Å². The van der Waals surface area contributed by atoms with Gasteiger partial charge in [0.05, 0.1) is 6.10 Å². The number of carbonyl (C=O) groups excluding carboxylic acids is 1. The van der Waals surface area contributed by atoms with Crippen molar-refractivity contribution in [2.75, 3.05) is 33.7 Å². The van der Waals surface area contributed by atoms with Crippen LogP contribution in [0, 0.1) is 0 Å². The fourth-order valence-corrected chi connectivity index (χ4v) is 2.50. The first-order chi connectivity index (χ1) is 8.02. The van der Waals surface area contributed by atoms with Gasteiger partial charge in [-0.1, -0.05) is 6.92 Å². The molecule has 0 saturated carbocycles. The molecule has 1 rings (SSSR count). The lowest BCUT2D eigenvalue weighted by Gasteiger charge is -2.26. The Morgan fingerprint density at radius 1 is 1.47 bits per heavy atom. The number of Topliss-reactive ketones (excluding diaryl/α,β-unsaturated/α-hetero) is 1. The lowest BCUT2D eigenvalue weighted by Crippen LogP contribution is -2.38. The van der Waals surface area contributed by atoms with Gasteiger partial charge in [0.1, 0.15) is 5.78 Å². The Bertz CT molecular complexity index is 244. The molecule has 1 saturated heterocycles. The standard InChI is InChI=1S/C13H26N2O2/c1-4-12(16)6-5-7-15-10-13(17)8-11(15)9-14(2)3/h11,13,17H,4-10H2,1-3H3. The van der Waals surface area contributed by atoms with Gasteiger partial charge in [-0.2, -0.15) is 0 Å². The summed E-state index contributed by atoms with van der Waals surface area (Å²) in [4.78, 5) is 15.7. The predicted octanol–water partition coefficient (Wildman–Crippen LogP) is 0.743. The molecule has 1 aliphatic rings. The van der Waals surface area contributed by atoms with E-state index in [1.165, 1.54) is 0 Å². The number of carbonyl (C=O) groups is 1. The van der Waals surface area contributed by atoms with E-state index in [4.69, 9.17) is 0 Å². The number of β-amino-alcohol motifs (C(OH)–C–C–N with tert-alkyl or cyclic N) is 1. The summed E-state index contributed by atoms with van der Waals surface area (Å²) in [5.41, 5.74) is 0. The highest BCUT2D eigenvalue weighted by Gasteiger charge is 2.30. The van der Waals surface area contributed by atoms with E-state index in [9.17, 15) is 9.90 Å². The predicted molar refractivity (Wildman–Crippen MR) is 69.1 cm³/mol. The molecule has 4 heteroatoms. The first-order valence-corrected chi connectivity index (χ1v) is 6.61. The Morgan fingerprint density at radius 3 is 2.76 bits per heavy atom. The minimum Gasteiger partial charge on any atom is -0.392 e. The van der Waals surface area contributed by atoms with Crippen LogP contribution in [0.3, 0.4) is 0 Å². The number of likely N-dealkylation sites (N-methyl/N-ethyl adjacent to an activating group) is 1. The quantitative estimate of drug-likeness (QED) is 0.715. The number of rotatable bonds is 7. The molecule has 2 atom stereocenters. The fraction of sp³-hybridized carbons (Fsp3) is 0.923. The van der Waals surface area contributed by atoms with Gasteiger partial charge in [-0.3, -0.25) is 9.69 Å². The van der Waals surface area contributed by atoms with Crippen LogP contribution in [0.25, 0.3) is 0 Å². The third kappa shape index (κ3) is 5.15. The number of nitrogens with zero attached hydrogens (tertiary/aromatic N) is 2. The van der Waals surface area contributed by atoms with Gasteiger partial charge in [0.25, 0.3) is 0 Å². The van der Waals surface area contributed by atoms with Gasteiger partial charge >= 0.3 is 0 Å². The lowest BCUT2D eigenvalue weighted by molar-refractivity contribution is -0.118. The van der Waals surface area contributed by atoms with Crippen LogP contribution in [0.1, 0.15) is 32.6 Å². The Hall–Kier alpha value is -0.450. The molecule has 1 heterocycles. The number of hydrogen-bond donors (Lipinski definition) is 1. The minimum absolute atomic E-state index is 0.193. The lowest BCUT2D eigenvalue weighted by atomic mass is 10.1. The monoisotopic (exact) mass is 242 g/mol. The van der Waals surface area contributed by atoms with E-state index in [0.29, 0.717) is 24.7 Å². The number of aliphatic hydroxyl groups is 1. The van der Waals surface area contributed by atoms with E-state index in [2.05, 4.69) is 23.9 Å². The molecule has 0 aromatic carbocycles. The van der Waals surface area contributed by atoms with Crippen molar-refractivity contribution in [2.45, 2.75) is 44.8 Å². The molecule has 0 radical (unpaired) electrons. The van der Waals surface area contributed by atoms with Crippen molar-refractivity contribution in [3.8, 4) is 0 Å². The average Bonchev–Trinajstić information content (AvgIpc) is 2.58. The van der Waals surface area contributed by atoms with Crippen LogP contribution >= 0.6 is 0 Å². The second-order valence-electron chi connectivity index (χ2n) is 5.30. The Kier molecular flexibility index (Phi) is 6.09. The summed E-state index contributed by atoms with van der Waals surface area (Å²) >= 11 is 0. The highest BCUT2D eigenvalue weighted by atomic mass is 16.3. The van der Waals surface area contributed by atoms with Crippen molar-refractivity contribution in [3.63, 3.8) is 0 Å². The molecule has 0 bridgehead atoms. The SMILES string of the molecule is CCC(=O)CCCN1CC(O)CC1CN(C)C. The van der Waals surface area contributed by atoms with Gasteiger partial charge in [0, 0.05) is 32.0 Å². The molecule has 0 amide bonds. The fourth-order valence-electron chi connectivity index (χ4n) is 2.50. The summed E-state index contributed by atoms with van der Waals surface area (Å²) in [6.07, 6.45) is 2.91. The minimum atomic E-state index is -0.193. The number of ketones is 1. The maximum absolute atomic E-state index is 11.2. The molecule has 0 aliphatic carbocycles. The van der Waals surface area contributed by atoms with Gasteiger partial charge in [0.2, 0.25) is 0 Å². The molecule has 1 fully saturated rings. The number of hydrogen-bond acceptors (Lipinski definition) is 4. The number of likely N-dealkylation sites (tertiary alicyclic amines) is 1. The zero-order chi connectivity index (χ0) is 12.8. The molecule has 1 aliphatic heterocycles. The van der Waals surface area contributed by atoms with Gasteiger partial charge in [-0.25, -0.2) is 0 Å². The maximum atomic E-state index is 11.2. The molecule has 17 heavy (non-hydrogen) atoms. The van der Waals surface area contributed by atoms with Crippen LogP contribution in [0.4, 0.5) is 0 Å². The molecule has 1 N–H and O–H groups in total. The maximum Gasteiger partial charge on any atom is 0.132 e. The first-order valence-electron chi connectivity index (χ1n) is 6.61. The summed E-state index contributed by atoms with van der Waals surface area (Å²) in [7, 11) is 4.12. The largest absolute Gasteiger partial charge is 0.392 e. The van der Waals surface area contributed by atoms with E-state index in [1.807, 2.05) is 6.92 Å². The van der Waals surface area contributed by atoms with Gasteiger partial charge in [0.15, 0.2) is 0 Å². The van der Waals surface area contributed by atoms with Crippen molar-refractivity contribution in [1.29, 1.82) is 0 Å². The van der Waals surface area contributed by atoms with E-state index in [-0.39, 0.29) is 6.10 Å². The molecule has 4 nitrogen and oxygen atoms in total. The van der Waals surface area contributed by atoms with Crippen LogP contribution in [-0.2, 0) is 4.79 Å². The molecule has 0 aromatic heterocycles. The number of aliphatic hydroxyl groups excluding tert-OH is 1. The van der Waals surface area contributed by atoms with Crippen LogP contribution in [0.15, 0.2) is 0 Å². The van der Waals surface area contributed by atoms with Crippen LogP contribution < -0.4 is 0 Å². The summed E-state index contributed by atoms with van der Waals surface area (Å²) in [6.45, 7) is 4.59. The average molecular weight is 242 g/mol. The van der Waals surface area contributed by atoms with Crippen molar-refractivity contribution < 1.29 is 9.90 Å². The van der Waals surface area contributed by atoms with E-state index < -0.39 is 0 Å². The molecule has 100 valence electrons. The van der Waals surface area contributed by atoms with E-state index >= 15 is 0 Å². The van der Waals surface area contributed by atoms with Crippen molar-refractivity contribution in [2.24, 2.45) is 0 Å². The summed E-state index contributed by atoms with van der Waals surface area (Å²) in [5.74, 6) is 0.342. The highest BCUT2D eigenvalue weighted by molar-refractivity contribution is 5.77. The van der Waals surface area contributed by atoms with Crippen molar-refractivity contribution in [1.82, 2.24) is 9.80 Å². The van der Waals surface area contributed by atoms with E-state index in [1.54, 1.807) is 0 Å². The molecule has 2 unspecified atom stereocenters. The van der Waals surface area contributed by atoms with Crippen molar-refractivity contribution >= 4 is 5.78 Å². The highest BCUT2D eigenvalue weighted by Crippen LogP contribution is 2.19. The Labute approximate surface area is 105 Å². The summed E-state index contributed by atoms with van der Waals surface area (Å²) in [5, 5.41) is 9.71. The van der Waals surface area contributed by atoms with Crippen molar-refractivity contribution in [3.05, 3.63) is 0 Å². The van der Waals surface area contributed by atoms with Gasteiger partial charge < -0.3 is 10.0 Å². The van der Waals surface area contributed by atoms with Gasteiger partial charge in [-0.05, 0) is 33.5 Å². The topological polar surface area (TPSA) is 43.8 Å². The van der Waals surface area contributed by atoms with Crippen LogP contribution in [-0.4, -0.2) is 66.6 Å². The van der Waals surface area contributed by atoms with Gasteiger partial charge in [-0.15, -0.1) is 0 Å².